The SMILES string of the molecule is COc1cc(COC(=O)NCC(=O)O)cc(OC)c1. The van der Waals surface area contributed by atoms with Crippen LogP contribution in [-0.4, -0.2) is 37.9 Å². The van der Waals surface area contributed by atoms with Crippen molar-refractivity contribution in [1.82, 2.24) is 5.32 Å². The van der Waals surface area contributed by atoms with Crippen LogP contribution in [0.25, 0.3) is 0 Å². The summed E-state index contributed by atoms with van der Waals surface area (Å²) in [6.07, 6.45) is -0.802. The number of rotatable bonds is 6. The van der Waals surface area contributed by atoms with Gasteiger partial charge in [-0.25, -0.2) is 4.79 Å². The summed E-state index contributed by atoms with van der Waals surface area (Å²) in [7, 11) is 3.03. The quantitative estimate of drug-likeness (QED) is 0.800. The third-order valence-corrected chi connectivity index (χ3v) is 2.17. The van der Waals surface area contributed by atoms with Crippen molar-refractivity contribution < 1.29 is 28.9 Å². The van der Waals surface area contributed by atoms with Crippen molar-refractivity contribution in [3.05, 3.63) is 23.8 Å². The number of ether oxygens (including phenoxy) is 3. The fourth-order valence-electron chi connectivity index (χ4n) is 1.30. The molecule has 0 radical (unpaired) electrons. The number of alkyl carbamates (subject to hydrolysis) is 1. The largest absolute Gasteiger partial charge is 0.497 e. The number of methoxy groups -OCH3 is 2. The molecule has 7 nitrogen and oxygen atoms in total. The second-order valence-electron chi connectivity index (χ2n) is 3.54. The normalized spacial score (nSPS) is 9.58. The standard InChI is InChI=1S/C12H15NO6/c1-17-9-3-8(4-10(5-9)18-2)7-19-12(16)13-6-11(14)15/h3-5H,6-7H2,1-2H3,(H,13,16)(H,14,15). The lowest BCUT2D eigenvalue weighted by atomic mass is 10.2. The second kappa shape index (κ2) is 7.10. The Bertz CT molecular complexity index is 437. The molecule has 0 unspecified atom stereocenters. The van der Waals surface area contributed by atoms with Crippen molar-refractivity contribution in [3.63, 3.8) is 0 Å². The highest BCUT2D eigenvalue weighted by atomic mass is 16.5. The van der Waals surface area contributed by atoms with E-state index in [1.165, 1.54) is 14.2 Å². The van der Waals surface area contributed by atoms with Crippen LogP contribution in [0.4, 0.5) is 4.79 Å². The van der Waals surface area contributed by atoms with Crippen LogP contribution in [0.3, 0.4) is 0 Å². The Labute approximate surface area is 110 Å². The fourth-order valence-corrected chi connectivity index (χ4v) is 1.30. The Hall–Kier alpha value is -2.44. The summed E-state index contributed by atoms with van der Waals surface area (Å²) in [4.78, 5) is 21.4. The average Bonchev–Trinajstić information content (AvgIpc) is 2.42. The molecule has 0 bridgehead atoms. The number of benzene rings is 1. The number of carbonyl (C=O) groups excluding carboxylic acids is 1. The third kappa shape index (κ3) is 5.15. The molecule has 1 aromatic rings. The molecule has 1 rings (SSSR count). The molecule has 0 heterocycles. The van der Waals surface area contributed by atoms with Gasteiger partial charge in [0.1, 0.15) is 24.7 Å². The van der Waals surface area contributed by atoms with Crippen LogP contribution in [0.2, 0.25) is 0 Å². The Kier molecular flexibility index (Phi) is 5.46. The van der Waals surface area contributed by atoms with Gasteiger partial charge in [0, 0.05) is 6.07 Å². The minimum absolute atomic E-state index is 0.0149. The molecule has 0 aliphatic heterocycles. The van der Waals surface area contributed by atoms with Gasteiger partial charge in [0.25, 0.3) is 0 Å². The molecule has 104 valence electrons. The molecule has 19 heavy (non-hydrogen) atoms. The number of amides is 1. The van der Waals surface area contributed by atoms with Gasteiger partial charge in [-0.3, -0.25) is 4.79 Å². The highest BCUT2D eigenvalue weighted by Crippen LogP contribution is 2.22. The van der Waals surface area contributed by atoms with Crippen LogP contribution in [0.1, 0.15) is 5.56 Å². The minimum Gasteiger partial charge on any atom is -0.497 e. The molecule has 0 fully saturated rings. The number of carboxylic acids is 1. The predicted octanol–water partition coefficient (Wildman–Crippen LogP) is 1.01. The first-order chi connectivity index (χ1) is 9.05. The van der Waals surface area contributed by atoms with Crippen LogP contribution >= 0.6 is 0 Å². The molecule has 0 aliphatic carbocycles. The molecular formula is C12H15NO6. The molecule has 2 N–H and O–H groups in total. The third-order valence-electron chi connectivity index (χ3n) is 2.17. The predicted molar refractivity (Wildman–Crippen MR) is 65.4 cm³/mol. The Morgan fingerprint density at radius 2 is 1.74 bits per heavy atom. The number of aliphatic carboxylic acids is 1. The van der Waals surface area contributed by atoms with E-state index >= 15 is 0 Å². The Balaban J connectivity index is 2.56. The van der Waals surface area contributed by atoms with Crippen LogP contribution < -0.4 is 14.8 Å². The van der Waals surface area contributed by atoms with E-state index < -0.39 is 18.6 Å². The van der Waals surface area contributed by atoms with Crippen LogP contribution in [0, 0.1) is 0 Å². The Morgan fingerprint density at radius 1 is 1.16 bits per heavy atom. The van der Waals surface area contributed by atoms with Gasteiger partial charge >= 0.3 is 12.1 Å². The number of hydrogen-bond acceptors (Lipinski definition) is 5. The first-order valence-electron chi connectivity index (χ1n) is 5.39. The van der Waals surface area contributed by atoms with Gasteiger partial charge in [0.05, 0.1) is 14.2 Å². The van der Waals surface area contributed by atoms with Crippen molar-refractivity contribution in [2.45, 2.75) is 6.61 Å². The number of carbonyl (C=O) groups is 2. The molecule has 0 atom stereocenters. The van der Waals surface area contributed by atoms with Crippen LogP contribution in [0.5, 0.6) is 11.5 Å². The van der Waals surface area contributed by atoms with Gasteiger partial charge in [-0.05, 0) is 17.7 Å². The highest BCUT2D eigenvalue weighted by Gasteiger charge is 2.07. The number of carboxylic acid groups (broad SMARTS) is 1. The smallest absolute Gasteiger partial charge is 0.407 e. The first-order valence-corrected chi connectivity index (χ1v) is 5.39. The summed E-state index contributed by atoms with van der Waals surface area (Å²) in [6, 6.07) is 5.06. The van der Waals surface area contributed by atoms with E-state index in [2.05, 4.69) is 5.32 Å². The minimum atomic E-state index is -1.14. The van der Waals surface area contributed by atoms with E-state index in [1.54, 1.807) is 18.2 Å². The lowest BCUT2D eigenvalue weighted by molar-refractivity contribution is -0.135. The van der Waals surface area contributed by atoms with Gasteiger partial charge < -0.3 is 24.6 Å². The summed E-state index contributed by atoms with van der Waals surface area (Å²) in [6.45, 7) is -0.501. The van der Waals surface area contributed by atoms with E-state index in [0.717, 1.165) is 0 Å². The van der Waals surface area contributed by atoms with Gasteiger partial charge in [0.15, 0.2) is 0 Å². The molecule has 7 heteroatoms. The zero-order valence-electron chi connectivity index (χ0n) is 10.6. The summed E-state index contributed by atoms with van der Waals surface area (Å²) in [5.74, 6) is 0.00721. The van der Waals surface area contributed by atoms with Gasteiger partial charge in [0.2, 0.25) is 0 Å². The van der Waals surface area contributed by atoms with E-state index in [4.69, 9.17) is 19.3 Å². The molecule has 0 spiro atoms. The van der Waals surface area contributed by atoms with E-state index in [9.17, 15) is 9.59 Å². The maximum Gasteiger partial charge on any atom is 0.407 e. The molecule has 0 aliphatic rings. The average molecular weight is 269 g/mol. The van der Waals surface area contributed by atoms with Crippen molar-refractivity contribution in [1.29, 1.82) is 0 Å². The van der Waals surface area contributed by atoms with Crippen LogP contribution in [-0.2, 0) is 16.1 Å². The zero-order chi connectivity index (χ0) is 14.3. The lowest BCUT2D eigenvalue weighted by Gasteiger charge is -2.09. The van der Waals surface area contributed by atoms with Crippen molar-refractivity contribution in [3.8, 4) is 11.5 Å². The van der Waals surface area contributed by atoms with Crippen molar-refractivity contribution in [2.75, 3.05) is 20.8 Å². The molecule has 0 aromatic heterocycles. The maximum absolute atomic E-state index is 11.2. The van der Waals surface area contributed by atoms with Crippen molar-refractivity contribution >= 4 is 12.1 Å². The van der Waals surface area contributed by atoms with Gasteiger partial charge in [-0.1, -0.05) is 0 Å². The van der Waals surface area contributed by atoms with E-state index in [0.29, 0.717) is 17.1 Å². The fraction of sp³-hybridized carbons (Fsp3) is 0.333. The number of nitrogens with one attached hydrogen (secondary N) is 1. The first kappa shape index (κ1) is 14.6. The Morgan fingerprint density at radius 3 is 2.21 bits per heavy atom. The van der Waals surface area contributed by atoms with Gasteiger partial charge in [-0.2, -0.15) is 0 Å². The monoisotopic (exact) mass is 269 g/mol. The topological polar surface area (TPSA) is 94.1 Å². The summed E-state index contributed by atoms with van der Waals surface area (Å²) >= 11 is 0. The van der Waals surface area contributed by atoms with Gasteiger partial charge in [-0.15, -0.1) is 0 Å². The van der Waals surface area contributed by atoms with E-state index in [1.807, 2.05) is 0 Å². The summed E-state index contributed by atoms with van der Waals surface area (Å²) in [5, 5.41) is 10.5. The lowest BCUT2D eigenvalue weighted by Crippen LogP contribution is -2.29. The molecule has 0 saturated heterocycles. The second-order valence-corrected chi connectivity index (χ2v) is 3.54. The molecular weight excluding hydrogens is 254 g/mol. The van der Waals surface area contributed by atoms with Crippen molar-refractivity contribution in [2.24, 2.45) is 0 Å². The summed E-state index contributed by atoms with van der Waals surface area (Å²) < 4.78 is 15.0. The molecule has 0 saturated carbocycles. The number of hydrogen-bond donors (Lipinski definition) is 2. The van der Waals surface area contributed by atoms with Crippen LogP contribution in [0.15, 0.2) is 18.2 Å². The highest BCUT2D eigenvalue weighted by molar-refractivity contribution is 5.76. The molecule has 1 aromatic carbocycles. The zero-order valence-corrected chi connectivity index (χ0v) is 10.6. The molecule has 1 amide bonds. The van der Waals surface area contributed by atoms with E-state index in [-0.39, 0.29) is 6.61 Å². The maximum atomic E-state index is 11.2. The summed E-state index contributed by atoms with van der Waals surface area (Å²) in [5.41, 5.74) is 0.668.